The first-order chi connectivity index (χ1) is 45.1. The molecule has 0 unspecified atom stereocenters. The van der Waals surface area contributed by atoms with E-state index in [4.69, 9.17) is 28.4 Å². The van der Waals surface area contributed by atoms with Gasteiger partial charge in [0.05, 0.1) is 33.1 Å². The van der Waals surface area contributed by atoms with E-state index in [2.05, 4.69) is 227 Å². The summed E-state index contributed by atoms with van der Waals surface area (Å²) < 4.78 is 45.7. The number of hydrogen-bond donors (Lipinski definition) is 0. The van der Waals surface area contributed by atoms with E-state index < -0.39 is 0 Å². The van der Waals surface area contributed by atoms with Gasteiger partial charge in [-0.25, -0.2) is 0 Å². The molecule has 9 aliphatic heterocycles. The van der Waals surface area contributed by atoms with E-state index in [-0.39, 0.29) is 20.1 Å². The molecule has 25 rings (SSSR count). The second-order valence-corrected chi connectivity index (χ2v) is 25.2. The van der Waals surface area contributed by atoms with Crippen LogP contribution in [-0.4, -0.2) is 33.8 Å². The molecule has 16 aromatic rings. The van der Waals surface area contributed by atoms with Crippen LogP contribution in [0.2, 0.25) is 0 Å². The number of fused-ring (bicyclic) bond motifs is 12. The summed E-state index contributed by atoms with van der Waals surface area (Å²) >= 11 is 0. The zero-order chi connectivity index (χ0) is 58.8. The second-order valence-electron chi connectivity index (χ2n) is 25.2. The van der Waals surface area contributed by atoms with Gasteiger partial charge in [-0.05, 0) is 178 Å². The highest BCUT2D eigenvalue weighted by atomic mass is 16.5. The van der Waals surface area contributed by atoms with Gasteiger partial charge in [0.1, 0.15) is 69.0 Å². The molecule has 12 heteroatoms. The lowest BCUT2D eigenvalue weighted by atomic mass is 9.33. The maximum absolute atomic E-state index is 6.49. The molecule has 9 aliphatic rings. The molecule has 0 saturated carbocycles. The second kappa shape index (κ2) is 16.5. The number of benzene rings is 13. The number of ether oxygens (including phenoxy) is 6. The zero-order valence-electron chi connectivity index (χ0n) is 48.5. The van der Waals surface area contributed by atoms with Crippen LogP contribution in [0.3, 0.4) is 0 Å². The van der Waals surface area contributed by atoms with E-state index in [9.17, 15) is 0 Å². The van der Waals surface area contributed by atoms with Crippen LogP contribution in [0.15, 0.2) is 237 Å². The predicted molar refractivity (Wildman–Crippen MR) is 366 cm³/mol. The summed E-state index contributed by atoms with van der Waals surface area (Å²) in [7, 11) is 0. The van der Waals surface area contributed by atoms with Crippen molar-refractivity contribution >= 4 is 135 Å². The van der Waals surface area contributed by atoms with Gasteiger partial charge in [-0.2, -0.15) is 0 Å². The molecule has 3 aromatic heterocycles. The molecule has 0 radical (unpaired) electrons. The Hall–Kier alpha value is -11.7. The fourth-order valence-corrected chi connectivity index (χ4v) is 17.6. The molecule has 9 nitrogen and oxygen atoms in total. The van der Waals surface area contributed by atoms with Crippen LogP contribution in [0, 0.1) is 6.92 Å². The van der Waals surface area contributed by atoms with Crippen molar-refractivity contribution in [3.8, 4) is 97.2 Å². The Morgan fingerprint density at radius 2 is 0.626 bits per heavy atom. The maximum Gasteiger partial charge on any atom is 0.266 e. The van der Waals surface area contributed by atoms with Crippen molar-refractivity contribution < 1.29 is 28.4 Å². The van der Waals surface area contributed by atoms with E-state index in [0.29, 0.717) is 0 Å². The number of para-hydroxylation sites is 2. The number of rotatable bonds is 1. The Bertz CT molecular complexity index is 6130. The van der Waals surface area contributed by atoms with Crippen LogP contribution in [-0.2, 0) is 0 Å². The van der Waals surface area contributed by atoms with Crippen LogP contribution in [0.4, 0.5) is 0 Å². The minimum absolute atomic E-state index is 0.107. The van der Waals surface area contributed by atoms with Crippen LogP contribution < -0.4 is 77.6 Å². The SMILES string of the molecule is Cc1cc2c3c4c1c1ccccc1n4-c1cccc4c1B3c1c(cccc1O2)O4.c1cc2c3c(c1)Oc1ccc4c5ccccc5n5c4c1B3c1c(cccc1-5)O2.c1ccc(-c2cccc3c2c2ccc4c5c2n3-c2cccc3c2B5c2c(cccc2O4)O3)cc1. The van der Waals surface area contributed by atoms with Crippen molar-refractivity contribution in [2.45, 2.75) is 6.92 Å². The van der Waals surface area contributed by atoms with Crippen LogP contribution in [0.1, 0.15) is 5.56 Å². The lowest BCUT2D eigenvalue weighted by Crippen LogP contribution is -2.60. The maximum atomic E-state index is 6.49. The normalized spacial score (nSPS) is 14.0. The smallest absolute Gasteiger partial charge is 0.266 e. The molecule has 0 N–H and O–H groups in total. The van der Waals surface area contributed by atoms with Crippen LogP contribution in [0.5, 0.6) is 69.0 Å². The molecular formula is C79H42B3N3O6. The summed E-state index contributed by atoms with van der Waals surface area (Å²) in [4.78, 5) is 0. The van der Waals surface area contributed by atoms with E-state index in [0.717, 1.165) is 85.4 Å². The highest BCUT2D eigenvalue weighted by Gasteiger charge is 2.50. The molecule has 0 bridgehead atoms. The minimum Gasteiger partial charge on any atom is -0.458 e. The van der Waals surface area contributed by atoms with E-state index >= 15 is 0 Å². The average Bonchev–Trinajstić information content (AvgIpc) is 1.66. The van der Waals surface area contributed by atoms with Gasteiger partial charge in [-0.3, -0.25) is 0 Å². The van der Waals surface area contributed by atoms with Gasteiger partial charge in [0, 0.05) is 65.8 Å². The first-order valence-electron chi connectivity index (χ1n) is 31.2. The van der Waals surface area contributed by atoms with Crippen molar-refractivity contribution in [3.05, 3.63) is 242 Å². The van der Waals surface area contributed by atoms with Crippen molar-refractivity contribution in [3.63, 3.8) is 0 Å². The fraction of sp³-hybridized carbons (Fsp3) is 0.0127. The van der Waals surface area contributed by atoms with Gasteiger partial charge in [0.2, 0.25) is 0 Å². The summed E-state index contributed by atoms with van der Waals surface area (Å²) in [6.45, 7) is 2.59. The first kappa shape index (κ1) is 47.3. The van der Waals surface area contributed by atoms with Gasteiger partial charge in [0.25, 0.3) is 20.1 Å². The molecule has 0 atom stereocenters. The van der Waals surface area contributed by atoms with Crippen molar-refractivity contribution in [2.75, 3.05) is 0 Å². The molecule has 13 aromatic carbocycles. The Kier molecular flexibility index (Phi) is 8.58. The third-order valence-corrected chi connectivity index (χ3v) is 20.9. The first-order valence-corrected chi connectivity index (χ1v) is 31.2. The minimum atomic E-state index is 0.107. The molecule has 0 saturated heterocycles. The lowest BCUT2D eigenvalue weighted by molar-refractivity contribution is 0.463. The van der Waals surface area contributed by atoms with Crippen molar-refractivity contribution in [2.24, 2.45) is 0 Å². The van der Waals surface area contributed by atoms with Gasteiger partial charge in [-0.15, -0.1) is 0 Å². The molecule has 0 amide bonds. The molecule has 418 valence electrons. The van der Waals surface area contributed by atoms with E-state index in [1.165, 1.54) is 132 Å². The topological polar surface area (TPSA) is 70.2 Å². The Balaban J connectivity index is 0.0000000882. The third-order valence-electron chi connectivity index (χ3n) is 20.9. The predicted octanol–water partition coefficient (Wildman–Crippen LogP) is 13.4. The zero-order valence-corrected chi connectivity index (χ0v) is 48.5. The number of hydrogen-bond acceptors (Lipinski definition) is 6. The molecular weight excluding hydrogens is 1120 g/mol. The molecule has 91 heavy (non-hydrogen) atoms. The Morgan fingerprint density at radius 1 is 0.253 bits per heavy atom. The van der Waals surface area contributed by atoms with Crippen molar-refractivity contribution in [1.82, 2.24) is 13.7 Å². The summed E-state index contributed by atoms with van der Waals surface area (Å²) in [6, 6.07) is 83.2. The van der Waals surface area contributed by atoms with E-state index in [1.54, 1.807) is 0 Å². The van der Waals surface area contributed by atoms with Crippen molar-refractivity contribution in [1.29, 1.82) is 0 Å². The summed E-state index contributed by atoms with van der Waals surface area (Å²) in [5.41, 5.74) is 25.7. The summed E-state index contributed by atoms with van der Waals surface area (Å²) in [5.74, 6) is 11.1. The number of aryl methyl sites for hydroxylation is 1. The molecule has 0 fully saturated rings. The third kappa shape index (κ3) is 5.71. The van der Waals surface area contributed by atoms with Crippen LogP contribution >= 0.6 is 0 Å². The molecule has 0 aliphatic carbocycles. The van der Waals surface area contributed by atoms with Gasteiger partial charge in [-0.1, -0.05) is 115 Å². The lowest BCUT2D eigenvalue weighted by Gasteiger charge is -2.37. The monoisotopic (exact) mass is 1160 g/mol. The number of aromatic nitrogens is 3. The number of nitrogens with zero attached hydrogens (tertiary/aromatic N) is 3. The van der Waals surface area contributed by atoms with Crippen LogP contribution in [0.25, 0.3) is 93.6 Å². The van der Waals surface area contributed by atoms with Gasteiger partial charge < -0.3 is 42.1 Å². The largest absolute Gasteiger partial charge is 0.458 e. The highest BCUT2D eigenvalue weighted by molar-refractivity contribution is 7.02. The molecule has 12 heterocycles. The molecule has 0 spiro atoms. The summed E-state index contributed by atoms with van der Waals surface area (Å²) in [6.07, 6.45) is 0. The van der Waals surface area contributed by atoms with E-state index in [1.807, 2.05) is 30.3 Å². The summed E-state index contributed by atoms with van der Waals surface area (Å²) in [5, 5.41) is 7.71. The standard InChI is InChI=1S/C30H16BNO2.C25H14BNO2.C24H12BNO2/c1-2-7-17(8-3-1)18-9-4-10-20-26(18)19-15-16-25-29-30(19)32(20)21-11-5-12-22-27(21)31(29)28-23(33-22)13-6-14-24(28)34-25;1-13-12-20-24-25-21(13)14-6-2-3-7-15(14)27(25)16-8-4-9-17-22(16)26(24)23-18(28-17)10-5-11-19(23)29-20;1-2-6-15-13(5-1)14-11-12-20-23-24(14)26(15)16-7-3-8-17-21(16)25(23)22-18(27-17)9-4-10-19(22)28-20/h1-16H;2-12H,1H3;1-12H. The fourth-order valence-electron chi connectivity index (χ4n) is 17.6. The average molecular weight is 1160 g/mol. The highest BCUT2D eigenvalue weighted by Crippen LogP contribution is 2.48. The quantitative estimate of drug-likeness (QED) is 0.153. The van der Waals surface area contributed by atoms with Gasteiger partial charge in [0.15, 0.2) is 0 Å². The van der Waals surface area contributed by atoms with Gasteiger partial charge >= 0.3 is 0 Å². The Labute approximate surface area is 520 Å². The Morgan fingerprint density at radius 3 is 1.16 bits per heavy atom.